The zero-order valence-electron chi connectivity index (χ0n) is 16.7. The summed E-state index contributed by atoms with van der Waals surface area (Å²) in [5.41, 5.74) is 12.7. The van der Waals surface area contributed by atoms with E-state index in [0.29, 0.717) is 12.1 Å². The third kappa shape index (κ3) is 3.46. The molecule has 2 aromatic heterocycles. The van der Waals surface area contributed by atoms with Crippen molar-refractivity contribution in [3.05, 3.63) is 53.9 Å². The average Bonchev–Trinajstić information content (AvgIpc) is 3.02. The molecule has 1 aliphatic rings. The third-order valence-corrected chi connectivity index (χ3v) is 6.08. The molecule has 1 fully saturated rings. The summed E-state index contributed by atoms with van der Waals surface area (Å²) in [7, 11) is 0. The zero-order chi connectivity index (χ0) is 19.0. The molecule has 0 amide bonds. The Morgan fingerprint density at radius 3 is 2.41 bits per heavy atom. The molecule has 27 heavy (non-hydrogen) atoms. The molecule has 3 heterocycles. The molecule has 2 atom stereocenters. The van der Waals surface area contributed by atoms with Gasteiger partial charge in [0.25, 0.3) is 0 Å². The minimum Gasteiger partial charge on any atom is -0.398 e. The fraction of sp³-hybridized carbons (Fsp3) is 0.435. The summed E-state index contributed by atoms with van der Waals surface area (Å²) in [5.74, 6) is 0. The Hall–Kier alpha value is -2.33. The smallest absolute Gasteiger partial charge is 0.137 e. The maximum atomic E-state index is 6.10. The molecule has 0 saturated carbocycles. The molecule has 4 rings (SSSR count). The zero-order valence-corrected chi connectivity index (χ0v) is 16.7. The van der Waals surface area contributed by atoms with E-state index in [1.807, 2.05) is 18.3 Å². The van der Waals surface area contributed by atoms with Gasteiger partial charge in [0.2, 0.25) is 0 Å². The molecule has 2 unspecified atom stereocenters. The lowest BCUT2D eigenvalue weighted by Crippen LogP contribution is -2.43. The van der Waals surface area contributed by atoms with E-state index >= 15 is 0 Å². The largest absolute Gasteiger partial charge is 0.398 e. The predicted molar refractivity (Wildman–Crippen MR) is 113 cm³/mol. The van der Waals surface area contributed by atoms with Gasteiger partial charge in [-0.15, -0.1) is 0 Å². The highest BCUT2D eigenvalue weighted by Crippen LogP contribution is 2.30. The second kappa shape index (κ2) is 7.35. The van der Waals surface area contributed by atoms with Crippen molar-refractivity contribution >= 4 is 11.3 Å². The SMILES string of the molecule is CCc1ccc(-c2nc3ccc(N)cn3c2CN2C(C)CCCC2C)cc1. The van der Waals surface area contributed by atoms with Crippen LogP contribution in [0, 0.1) is 0 Å². The highest BCUT2D eigenvalue weighted by molar-refractivity contribution is 5.67. The van der Waals surface area contributed by atoms with Gasteiger partial charge in [-0.3, -0.25) is 4.90 Å². The molecule has 142 valence electrons. The molecule has 0 bridgehead atoms. The van der Waals surface area contributed by atoms with Gasteiger partial charge in [-0.1, -0.05) is 37.6 Å². The number of nitrogen functional groups attached to an aromatic ring is 1. The summed E-state index contributed by atoms with van der Waals surface area (Å²) in [6.07, 6.45) is 6.93. The number of aryl methyl sites for hydroxylation is 1. The minimum atomic E-state index is 0.593. The molecule has 0 radical (unpaired) electrons. The van der Waals surface area contributed by atoms with Crippen LogP contribution in [0.15, 0.2) is 42.6 Å². The Kier molecular flexibility index (Phi) is 4.92. The lowest BCUT2D eigenvalue weighted by Gasteiger charge is -2.39. The first kappa shape index (κ1) is 18.1. The molecule has 1 aliphatic heterocycles. The van der Waals surface area contributed by atoms with Crippen LogP contribution in [0.4, 0.5) is 5.69 Å². The molecule has 0 aliphatic carbocycles. The first-order valence-electron chi connectivity index (χ1n) is 10.2. The van der Waals surface area contributed by atoms with E-state index in [-0.39, 0.29) is 0 Å². The number of aromatic nitrogens is 2. The van der Waals surface area contributed by atoms with Crippen molar-refractivity contribution in [1.82, 2.24) is 14.3 Å². The summed E-state index contributed by atoms with van der Waals surface area (Å²) in [4.78, 5) is 7.60. The van der Waals surface area contributed by atoms with E-state index in [4.69, 9.17) is 10.7 Å². The van der Waals surface area contributed by atoms with Crippen LogP contribution in [0.2, 0.25) is 0 Å². The first-order chi connectivity index (χ1) is 13.1. The minimum absolute atomic E-state index is 0.593. The van der Waals surface area contributed by atoms with E-state index < -0.39 is 0 Å². The van der Waals surface area contributed by atoms with Gasteiger partial charge in [0.1, 0.15) is 5.65 Å². The monoisotopic (exact) mass is 362 g/mol. The van der Waals surface area contributed by atoms with E-state index in [1.54, 1.807) is 0 Å². The van der Waals surface area contributed by atoms with Crippen LogP contribution in [-0.4, -0.2) is 26.4 Å². The molecule has 1 saturated heterocycles. The number of imidazole rings is 1. The van der Waals surface area contributed by atoms with Gasteiger partial charge >= 0.3 is 0 Å². The number of nitrogens with two attached hydrogens (primary N) is 1. The number of hydrogen-bond acceptors (Lipinski definition) is 3. The first-order valence-corrected chi connectivity index (χ1v) is 10.2. The second-order valence-electron chi connectivity index (χ2n) is 7.95. The second-order valence-corrected chi connectivity index (χ2v) is 7.95. The summed E-state index contributed by atoms with van der Waals surface area (Å²) in [6, 6.07) is 14.0. The van der Waals surface area contributed by atoms with Crippen molar-refractivity contribution in [2.24, 2.45) is 0 Å². The Bertz CT molecular complexity index is 915. The number of nitrogens with zero attached hydrogens (tertiary/aromatic N) is 3. The van der Waals surface area contributed by atoms with E-state index in [9.17, 15) is 0 Å². The lowest BCUT2D eigenvalue weighted by molar-refractivity contribution is 0.0937. The van der Waals surface area contributed by atoms with Crippen LogP contribution in [0.5, 0.6) is 0 Å². The van der Waals surface area contributed by atoms with Gasteiger partial charge in [0.15, 0.2) is 0 Å². The van der Waals surface area contributed by atoms with E-state index in [2.05, 4.69) is 54.3 Å². The average molecular weight is 363 g/mol. The van der Waals surface area contributed by atoms with Crippen molar-refractivity contribution in [1.29, 1.82) is 0 Å². The van der Waals surface area contributed by atoms with Crippen LogP contribution in [0.3, 0.4) is 0 Å². The Labute approximate surface area is 162 Å². The molecule has 3 aromatic rings. The number of rotatable bonds is 4. The third-order valence-electron chi connectivity index (χ3n) is 6.08. The van der Waals surface area contributed by atoms with Gasteiger partial charge < -0.3 is 10.1 Å². The van der Waals surface area contributed by atoms with E-state index in [0.717, 1.165) is 30.0 Å². The number of piperidine rings is 1. The van der Waals surface area contributed by atoms with Gasteiger partial charge in [-0.05, 0) is 50.8 Å². The summed E-state index contributed by atoms with van der Waals surface area (Å²) < 4.78 is 2.19. The molecule has 4 heteroatoms. The molecule has 1 aromatic carbocycles. The highest BCUT2D eigenvalue weighted by atomic mass is 15.2. The number of pyridine rings is 1. The van der Waals surface area contributed by atoms with Crippen molar-refractivity contribution in [2.45, 2.75) is 65.1 Å². The topological polar surface area (TPSA) is 46.6 Å². The van der Waals surface area contributed by atoms with Crippen LogP contribution in [0.1, 0.15) is 51.3 Å². The number of likely N-dealkylation sites (tertiary alicyclic amines) is 1. The van der Waals surface area contributed by atoms with Crippen LogP contribution in [0.25, 0.3) is 16.9 Å². The van der Waals surface area contributed by atoms with Crippen LogP contribution >= 0.6 is 0 Å². The maximum absolute atomic E-state index is 6.10. The Morgan fingerprint density at radius 1 is 1.04 bits per heavy atom. The molecular weight excluding hydrogens is 332 g/mol. The maximum Gasteiger partial charge on any atom is 0.137 e. The fourth-order valence-corrected chi connectivity index (χ4v) is 4.35. The molecule has 0 spiro atoms. The van der Waals surface area contributed by atoms with Gasteiger partial charge in [-0.25, -0.2) is 4.98 Å². The number of anilines is 1. The summed E-state index contributed by atoms with van der Waals surface area (Å²) in [5, 5.41) is 0. The normalized spacial score (nSPS) is 21.0. The molecule has 4 nitrogen and oxygen atoms in total. The van der Waals surface area contributed by atoms with Gasteiger partial charge in [0.05, 0.1) is 11.4 Å². The predicted octanol–water partition coefficient (Wildman–Crippen LogP) is 4.91. The lowest BCUT2D eigenvalue weighted by atomic mass is 9.97. The number of fused-ring (bicyclic) bond motifs is 1. The van der Waals surface area contributed by atoms with E-state index in [1.165, 1.54) is 36.1 Å². The fourth-order valence-electron chi connectivity index (χ4n) is 4.35. The highest BCUT2D eigenvalue weighted by Gasteiger charge is 2.27. The standard InChI is InChI=1S/C23H30N4/c1-4-18-8-10-19(11-9-18)23-21(15-26-16(2)6-5-7-17(26)3)27-14-20(24)12-13-22(27)25-23/h8-14,16-17H,4-7,15,24H2,1-3H3. The van der Waals surface area contributed by atoms with Crippen molar-refractivity contribution in [3.8, 4) is 11.3 Å². The molecular formula is C23H30N4. The van der Waals surface area contributed by atoms with Gasteiger partial charge in [0, 0.05) is 36.1 Å². The van der Waals surface area contributed by atoms with Crippen molar-refractivity contribution < 1.29 is 0 Å². The Morgan fingerprint density at radius 2 is 1.74 bits per heavy atom. The molecule has 2 N–H and O–H groups in total. The van der Waals surface area contributed by atoms with Crippen molar-refractivity contribution in [2.75, 3.05) is 5.73 Å². The number of hydrogen-bond donors (Lipinski definition) is 1. The summed E-state index contributed by atoms with van der Waals surface area (Å²) >= 11 is 0. The van der Waals surface area contributed by atoms with Crippen LogP contribution in [-0.2, 0) is 13.0 Å². The number of benzene rings is 1. The van der Waals surface area contributed by atoms with Gasteiger partial charge in [-0.2, -0.15) is 0 Å². The quantitative estimate of drug-likeness (QED) is 0.717. The summed E-state index contributed by atoms with van der Waals surface area (Å²) in [6.45, 7) is 7.79. The Balaban J connectivity index is 1.81. The van der Waals surface area contributed by atoms with Crippen LogP contribution < -0.4 is 5.73 Å². The van der Waals surface area contributed by atoms with Crippen molar-refractivity contribution in [3.63, 3.8) is 0 Å².